The number of sulfonamides is 1. The molecule has 0 aliphatic rings. The summed E-state index contributed by atoms with van der Waals surface area (Å²) in [7, 11) is -0.646. The van der Waals surface area contributed by atoms with E-state index in [4.69, 9.17) is 4.74 Å². The summed E-state index contributed by atoms with van der Waals surface area (Å²) in [6.07, 6.45) is 1.59. The van der Waals surface area contributed by atoms with Crippen LogP contribution in [0.3, 0.4) is 0 Å². The summed E-state index contributed by atoms with van der Waals surface area (Å²) in [5, 5.41) is 2.86. The number of amides is 1. The summed E-state index contributed by atoms with van der Waals surface area (Å²) in [5.74, 6) is 0.513. The fourth-order valence-corrected chi connectivity index (χ4v) is 4.36. The van der Waals surface area contributed by atoms with Crippen molar-refractivity contribution in [1.82, 2.24) is 5.32 Å². The van der Waals surface area contributed by atoms with Crippen LogP contribution in [0.4, 0.5) is 5.69 Å². The monoisotopic (exact) mass is 438 g/mol. The number of nitrogens with zero attached hydrogens (tertiary/aromatic N) is 1. The number of ether oxygens (including phenoxy) is 1. The number of carbonyl (C=O) groups excluding carboxylic acids is 1. The van der Waals surface area contributed by atoms with Crippen molar-refractivity contribution in [3.63, 3.8) is 0 Å². The van der Waals surface area contributed by atoms with Gasteiger partial charge in [-0.05, 0) is 60.9 Å². The van der Waals surface area contributed by atoms with Crippen LogP contribution in [0.5, 0.6) is 5.75 Å². The third-order valence-corrected chi connectivity index (χ3v) is 6.74. The highest BCUT2D eigenvalue weighted by Crippen LogP contribution is 2.22. The Morgan fingerprint density at radius 3 is 2.35 bits per heavy atom. The number of aryl methyl sites for hydroxylation is 1. The lowest BCUT2D eigenvalue weighted by Gasteiger charge is -2.19. The van der Waals surface area contributed by atoms with Crippen LogP contribution in [-0.4, -0.2) is 35.0 Å². The first-order chi connectivity index (χ1) is 14.9. The molecule has 3 aromatic rings. The predicted molar refractivity (Wildman–Crippen MR) is 122 cm³/mol. The van der Waals surface area contributed by atoms with E-state index in [-0.39, 0.29) is 10.8 Å². The molecule has 0 aliphatic carbocycles. The van der Waals surface area contributed by atoms with Gasteiger partial charge in [0.25, 0.3) is 15.9 Å². The molecule has 0 heterocycles. The molecule has 0 radical (unpaired) electrons. The Hall–Kier alpha value is -3.32. The van der Waals surface area contributed by atoms with Crippen LogP contribution in [0.2, 0.25) is 0 Å². The van der Waals surface area contributed by atoms with Gasteiger partial charge in [0.05, 0.1) is 17.7 Å². The highest BCUT2D eigenvalue weighted by molar-refractivity contribution is 7.92. The Bertz CT molecular complexity index is 1110. The van der Waals surface area contributed by atoms with Gasteiger partial charge in [0.15, 0.2) is 0 Å². The van der Waals surface area contributed by atoms with E-state index in [9.17, 15) is 13.2 Å². The molecule has 0 unspecified atom stereocenters. The summed E-state index contributed by atoms with van der Waals surface area (Å²) in [6, 6.07) is 22.7. The molecular weight excluding hydrogens is 412 g/mol. The lowest BCUT2D eigenvalue weighted by Crippen LogP contribution is -2.28. The first-order valence-electron chi connectivity index (χ1n) is 9.97. The summed E-state index contributed by atoms with van der Waals surface area (Å²) in [5.41, 5.74) is 2.02. The fraction of sp³-hybridized carbons (Fsp3) is 0.208. The Morgan fingerprint density at radius 2 is 1.68 bits per heavy atom. The molecule has 0 aromatic heterocycles. The molecule has 6 nitrogen and oxygen atoms in total. The van der Waals surface area contributed by atoms with Gasteiger partial charge in [0, 0.05) is 19.2 Å². The average molecular weight is 439 g/mol. The van der Waals surface area contributed by atoms with Crippen molar-refractivity contribution in [1.29, 1.82) is 0 Å². The van der Waals surface area contributed by atoms with Crippen molar-refractivity contribution in [2.24, 2.45) is 0 Å². The molecule has 0 bridgehead atoms. The lowest BCUT2D eigenvalue weighted by molar-refractivity contribution is 0.0953. The lowest BCUT2D eigenvalue weighted by atomic mass is 10.1. The largest absolute Gasteiger partial charge is 0.497 e. The van der Waals surface area contributed by atoms with Crippen LogP contribution in [-0.2, 0) is 16.4 Å². The van der Waals surface area contributed by atoms with E-state index < -0.39 is 10.0 Å². The van der Waals surface area contributed by atoms with E-state index in [0.717, 1.165) is 24.2 Å². The van der Waals surface area contributed by atoms with Crippen LogP contribution < -0.4 is 14.4 Å². The van der Waals surface area contributed by atoms with Crippen LogP contribution in [0.25, 0.3) is 0 Å². The third kappa shape index (κ3) is 5.64. The number of hydrogen-bond acceptors (Lipinski definition) is 4. The molecule has 0 spiro atoms. The van der Waals surface area contributed by atoms with Crippen LogP contribution in [0.1, 0.15) is 22.3 Å². The van der Waals surface area contributed by atoms with Gasteiger partial charge in [-0.15, -0.1) is 0 Å². The molecule has 0 atom stereocenters. The molecule has 3 rings (SSSR count). The van der Waals surface area contributed by atoms with Crippen molar-refractivity contribution in [2.45, 2.75) is 17.7 Å². The minimum Gasteiger partial charge on any atom is -0.497 e. The maximum absolute atomic E-state index is 13.0. The van der Waals surface area contributed by atoms with E-state index in [1.54, 1.807) is 43.5 Å². The fourth-order valence-electron chi connectivity index (χ4n) is 3.12. The second-order valence-corrected chi connectivity index (χ2v) is 9.01. The van der Waals surface area contributed by atoms with Gasteiger partial charge in [0.2, 0.25) is 0 Å². The molecule has 162 valence electrons. The van der Waals surface area contributed by atoms with Crippen molar-refractivity contribution in [3.05, 3.63) is 90.0 Å². The van der Waals surface area contributed by atoms with E-state index in [1.165, 1.54) is 23.5 Å². The summed E-state index contributed by atoms with van der Waals surface area (Å²) < 4.78 is 32.3. The number of methoxy groups -OCH3 is 1. The van der Waals surface area contributed by atoms with Gasteiger partial charge in [-0.25, -0.2) is 8.42 Å². The van der Waals surface area contributed by atoms with Gasteiger partial charge < -0.3 is 10.1 Å². The van der Waals surface area contributed by atoms with Crippen LogP contribution >= 0.6 is 0 Å². The first kappa shape index (κ1) is 22.4. The van der Waals surface area contributed by atoms with Crippen molar-refractivity contribution < 1.29 is 17.9 Å². The number of hydrogen-bond donors (Lipinski definition) is 1. The molecule has 0 fully saturated rings. The van der Waals surface area contributed by atoms with Gasteiger partial charge >= 0.3 is 0 Å². The average Bonchev–Trinajstić information content (AvgIpc) is 2.82. The van der Waals surface area contributed by atoms with Gasteiger partial charge in [-0.1, -0.05) is 36.4 Å². The predicted octanol–water partition coefficient (Wildman–Crippen LogP) is 3.88. The maximum atomic E-state index is 13.0. The summed E-state index contributed by atoms with van der Waals surface area (Å²) >= 11 is 0. The topological polar surface area (TPSA) is 75.7 Å². The number of benzene rings is 3. The molecule has 31 heavy (non-hydrogen) atoms. The maximum Gasteiger partial charge on any atom is 0.264 e. The second kappa shape index (κ2) is 10.1. The Labute approximate surface area is 183 Å². The van der Waals surface area contributed by atoms with E-state index in [1.807, 2.05) is 30.3 Å². The zero-order chi connectivity index (χ0) is 22.3. The molecule has 1 N–H and O–H groups in total. The SMILES string of the molecule is COc1ccc(CCCNC(=O)c2cccc(S(=O)(=O)N(C)c3ccccc3)c2)cc1. The minimum absolute atomic E-state index is 0.0738. The Kier molecular flexibility index (Phi) is 7.31. The highest BCUT2D eigenvalue weighted by Gasteiger charge is 2.22. The van der Waals surface area contributed by atoms with Crippen molar-refractivity contribution >= 4 is 21.6 Å². The standard InChI is InChI=1S/C24H26N2O4S/c1-26(21-10-4-3-5-11-21)31(28,29)23-12-6-9-20(18-23)24(27)25-17-7-8-19-13-15-22(30-2)16-14-19/h3-6,9-16,18H,7-8,17H2,1-2H3,(H,25,27). The second-order valence-electron chi connectivity index (χ2n) is 7.04. The van der Waals surface area contributed by atoms with Crippen molar-refractivity contribution in [3.8, 4) is 5.75 Å². The number of rotatable bonds is 9. The smallest absolute Gasteiger partial charge is 0.264 e. The quantitative estimate of drug-likeness (QED) is 0.515. The highest BCUT2D eigenvalue weighted by atomic mass is 32.2. The number of carbonyl (C=O) groups is 1. The number of para-hydroxylation sites is 1. The normalized spacial score (nSPS) is 11.0. The zero-order valence-electron chi connectivity index (χ0n) is 17.6. The first-order valence-corrected chi connectivity index (χ1v) is 11.4. The van der Waals surface area contributed by atoms with E-state index in [2.05, 4.69) is 5.32 Å². The minimum atomic E-state index is -3.77. The molecule has 3 aromatic carbocycles. The molecule has 1 amide bonds. The molecule has 0 aliphatic heterocycles. The van der Waals surface area contributed by atoms with Crippen LogP contribution in [0.15, 0.2) is 83.8 Å². The van der Waals surface area contributed by atoms with Gasteiger partial charge in [0.1, 0.15) is 5.75 Å². The Morgan fingerprint density at radius 1 is 0.968 bits per heavy atom. The molecule has 0 saturated carbocycles. The van der Waals surface area contributed by atoms with Crippen LogP contribution in [0, 0.1) is 0 Å². The number of anilines is 1. The molecular formula is C24H26N2O4S. The van der Waals surface area contributed by atoms with E-state index in [0.29, 0.717) is 17.8 Å². The van der Waals surface area contributed by atoms with Crippen molar-refractivity contribution in [2.75, 3.05) is 25.0 Å². The third-order valence-electron chi connectivity index (χ3n) is 4.96. The Balaban J connectivity index is 1.60. The molecule has 0 saturated heterocycles. The summed E-state index contributed by atoms with van der Waals surface area (Å²) in [6.45, 7) is 0.492. The van der Waals surface area contributed by atoms with Gasteiger partial charge in [-0.2, -0.15) is 0 Å². The zero-order valence-corrected chi connectivity index (χ0v) is 18.4. The molecule has 7 heteroatoms. The summed E-state index contributed by atoms with van der Waals surface area (Å²) in [4.78, 5) is 12.6. The van der Waals surface area contributed by atoms with Gasteiger partial charge in [-0.3, -0.25) is 9.10 Å². The number of nitrogens with one attached hydrogen (secondary N) is 1. The van der Waals surface area contributed by atoms with E-state index >= 15 is 0 Å².